The summed E-state index contributed by atoms with van der Waals surface area (Å²) in [5, 5.41) is 3.14. The van der Waals surface area contributed by atoms with Crippen LogP contribution in [0.5, 0.6) is 17.2 Å². The van der Waals surface area contributed by atoms with Crippen LogP contribution in [-0.2, 0) is 11.2 Å². The number of para-hydroxylation sites is 1. The summed E-state index contributed by atoms with van der Waals surface area (Å²) in [5.41, 5.74) is 1.64. The van der Waals surface area contributed by atoms with E-state index >= 15 is 0 Å². The summed E-state index contributed by atoms with van der Waals surface area (Å²) in [6.45, 7) is 7.90. The first-order valence-corrected chi connectivity index (χ1v) is 9.75. The van der Waals surface area contributed by atoms with Crippen LogP contribution in [0.4, 0.5) is 0 Å². The predicted octanol–water partition coefficient (Wildman–Crippen LogP) is 4.44. The molecule has 0 bridgehead atoms. The monoisotopic (exact) mass is 383 g/mol. The number of benzene rings is 2. The van der Waals surface area contributed by atoms with Crippen molar-refractivity contribution in [1.29, 1.82) is 0 Å². The Kier molecular flexibility index (Phi) is 5.82. The average molecular weight is 383 g/mol. The summed E-state index contributed by atoms with van der Waals surface area (Å²) in [7, 11) is 1.63. The van der Waals surface area contributed by atoms with Gasteiger partial charge in [0, 0.05) is 12.0 Å². The van der Waals surface area contributed by atoms with E-state index in [0.717, 1.165) is 34.8 Å². The highest BCUT2D eigenvalue weighted by Crippen LogP contribution is 2.41. The largest absolute Gasteiger partial charge is 0.497 e. The molecule has 1 aliphatic rings. The van der Waals surface area contributed by atoms with E-state index in [0.29, 0.717) is 6.42 Å². The van der Waals surface area contributed by atoms with Crippen LogP contribution in [0, 0.1) is 0 Å². The van der Waals surface area contributed by atoms with Crippen molar-refractivity contribution in [2.24, 2.45) is 0 Å². The van der Waals surface area contributed by atoms with Gasteiger partial charge in [-0.15, -0.1) is 0 Å². The quantitative estimate of drug-likeness (QED) is 0.801. The lowest BCUT2D eigenvalue weighted by atomic mass is 9.89. The first-order valence-electron chi connectivity index (χ1n) is 9.75. The van der Waals surface area contributed by atoms with Gasteiger partial charge in [0.15, 0.2) is 6.10 Å². The molecule has 0 unspecified atom stereocenters. The predicted molar refractivity (Wildman–Crippen MR) is 109 cm³/mol. The van der Waals surface area contributed by atoms with Crippen molar-refractivity contribution in [3.05, 3.63) is 53.6 Å². The van der Waals surface area contributed by atoms with Gasteiger partial charge in [0.05, 0.1) is 13.2 Å². The number of hydrogen-bond donors (Lipinski definition) is 1. The van der Waals surface area contributed by atoms with E-state index in [-0.39, 0.29) is 17.6 Å². The Bertz CT molecular complexity index is 846. The van der Waals surface area contributed by atoms with E-state index in [1.54, 1.807) is 14.0 Å². The van der Waals surface area contributed by atoms with Crippen LogP contribution in [0.15, 0.2) is 42.5 Å². The maximum Gasteiger partial charge on any atom is 0.261 e. The molecule has 28 heavy (non-hydrogen) atoms. The second-order valence-electron chi connectivity index (χ2n) is 7.75. The van der Waals surface area contributed by atoms with Crippen LogP contribution in [0.1, 0.15) is 51.3 Å². The number of nitrogens with one attached hydrogen (secondary N) is 1. The molecule has 150 valence electrons. The molecule has 2 aromatic carbocycles. The third-order valence-electron chi connectivity index (χ3n) is 5.02. The van der Waals surface area contributed by atoms with E-state index in [2.05, 4.69) is 12.2 Å². The van der Waals surface area contributed by atoms with Gasteiger partial charge in [-0.3, -0.25) is 4.79 Å². The molecule has 5 nitrogen and oxygen atoms in total. The third kappa shape index (κ3) is 4.41. The molecule has 0 saturated heterocycles. The summed E-state index contributed by atoms with van der Waals surface area (Å²) in [6.07, 6.45) is 0.913. The summed E-state index contributed by atoms with van der Waals surface area (Å²) in [4.78, 5) is 12.9. The van der Waals surface area contributed by atoms with E-state index < -0.39 is 6.10 Å². The number of ether oxygens (including phenoxy) is 3. The first-order chi connectivity index (χ1) is 13.3. The summed E-state index contributed by atoms with van der Waals surface area (Å²) >= 11 is 0. The fourth-order valence-electron chi connectivity index (χ4n) is 3.53. The Labute approximate surface area is 167 Å². The number of hydrogen-bond acceptors (Lipinski definition) is 4. The Morgan fingerprint density at radius 3 is 2.75 bits per heavy atom. The minimum atomic E-state index is -0.604. The van der Waals surface area contributed by atoms with Crippen LogP contribution >= 0.6 is 0 Å². The fourth-order valence-corrected chi connectivity index (χ4v) is 3.53. The molecule has 0 aromatic heterocycles. The minimum Gasteiger partial charge on any atom is -0.497 e. The topological polar surface area (TPSA) is 56.8 Å². The number of methoxy groups -OCH3 is 1. The van der Waals surface area contributed by atoms with Crippen molar-refractivity contribution in [3.63, 3.8) is 0 Å². The fraction of sp³-hybridized carbons (Fsp3) is 0.435. The lowest BCUT2D eigenvalue weighted by Gasteiger charge is -2.38. The highest BCUT2D eigenvalue weighted by Gasteiger charge is 2.35. The molecule has 5 heteroatoms. The molecule has 0 radical (unpaired) electrons. The summed E-state index contributed by atoms with van der Waals surface area (Å²) < 4.78 is 17.4. The number of aryl methyl sites for hydroxylation is 1. The van der Waals surface area contributed by atoms with Crippen molar-refractivity contribution in [1.82, 2.24) is 5.32 Å². The number of amides is 1. The minimum absolute atomic E-state index is 0.151. The lowest BCUT2D eigenvalue weighted by Crippen LogP contribution is -2.44. The van der Waals surface area contributed by atoms with E-state index in [1.807, 2.05) is 56.3 Å². The maximum absolute atomic E-state index is 12.9. The van der Waals surface area contributed by atoms with Gasteiger partial charge in [0.1, 0.15) is 22.8 Å². The van der Waals surface area contributed by atoms with Crippen LogP contribution in [0.25, 0.3) is 0 Å². The Morgan fingerprint density at radius 1 is 1.29 bits per heavy atom. The van der Waals surface area contributed by atoms with Gasteiger partial charge >= 0.3 is 0 Å². The zero-order valence-corrected chi connectivity index (χ0v) is 17.2. The van der Waals surface area contributed by atoms with Crippen LogP contribution in [-0.4, -0.2) is 24.7 Å². The Balaban J connectivity index is 1.77. The molecular formula is C23H29NO4. The molecule has 1 N–H and O–H groups in total. The van der Waals surface area contributed by atoms with Gasteiger partial charge in [0.25, 0.3) is 5.91 Å². The average Bonchev–Trinajstić information content (AvgIpc) is 2.67. The van der Waals surface area contributed by atoms with Crippen LogP contribution in [0.3, 0.4) is 0 Å². The summed E-state index contributed by atoms with van der Waals surface area (Å²) in [5.74, 6) is 2.11. The molecule has 2 aromatic rings. The second kappa shape index (κ2) is 8.13. The number of rotatable bonds is 6. The zero-order chi connectivity index (χ0) is 20.3. The summed E-state index contributed by atoms with van der Waals surface area (Å²) in [6, 6.07) is 13.3. The van der Waals surface area contributed by atoms with Crippen molar-refractivity contribution in [3.8, 4) is 17.2 Å². The van der Waals surface area contributed by atoms with Crippen LogP contribution in [0.2, 0.25) is 0 Å². The molecule has 0 fully saturated rings. The molecule has 1 aliphatic heterocycles. The van der Waals surface area contributed by atoms with E-state index in [4.69, 9.17) is 14.2 Å². The number of carbonyl (C=O) groups excluding carboxylic acids is 1. The highest BCUT2D eigenvalue weighted by atomic mass is 16.5. The van der Waals surface area contributed by atoms with Crippen molar-refractivity contribution >= 4 is 5.91 Å². The molecule has 0 spiro atoms. The molecule has 3 rings (SSSR count). The van der Waals surface area contributed by atoms with Crippen molar-refractivity contribution in [2.75, 3.05) is 7.11 Å². The van der Waals surface area contributed by atoms with Gasteiger partial charge in [0.2, 0.25) is 0 Å². The van der Waals surface area contributed by atoms with Crippen molar-refractivity contribution < 1.29 is 19.0 Å². The van der Waals surface area contributed by atoms with Gasteiger partial charge in [-0.2, -0.15) is 0 Å². The Morgan fingerprint density at radius 2 is 2.04 bits per heavy atom. The number of carbonyl (C=O) groups is 1. The number of fused-ring (bicyclic) bond motifs is 1. The van der Waals surface area contributed by atoms with E-state index in [9.17, 15) is 4.79 Å². The third-order valence-corrected chi connectivity index (χ3v) is 5.02. The van der Waals surface area contributed by atoms with Gasteiger partial charge in [-0.25, -0.2) is 0 Å². The SMILES string of the molecule is CCc1ccccc1O[C@H](C)C(=O)N[C@H]1CC(C)(C)Oc2ccc(OC)cc21. The van der Waals surface area contributed by atoms with Gasteiger partial charge in [-0.05, 0) is 57.0 Å². The highest BCUT2D eigenvalue weighted by molar-refractivity contribution is 5.81. The molecule has 2 atom stereocenters. The lowest BCUT2D eigenvalue weighted by molar-refractivity contribution is -0.128. The molecule has 0 aliphatic carbocycles. The molecular weight excluding hydrogens is 354 g/mol. The van der Waals surface area contributed by atoms with Crippen LogP contribution < -0.4 is 19.5 Å². The standard InChI is InChI=1S/C23H29NO4/c1-6-16-9-7-8-10-20(16)27-15(2)22(25)24-19-14-23(3,4)28-21-12-11-17(26-5)13-18(19)21/h7-13,15,19H,6,14H2,1-5H3,(H,24,25)/t15-,19+/m1/s1. The first kappa shape index (κ1) is 20.1. The second-order valence-corrected chi connectivity index (χ2v) is 7.75. The van der Waals surface area contributed by atoms with Crippen molar-refractivity contribution in [2.45, 2.75) is 58.3 Å². The van der Waals surface area contributed by atoms with Gasteiger partial charge < -0.3 is 19.5 Å². The molecule has 1 heterocycles. The smallest absolute Gasteiger partial charge is 0.261 e. The maximum atomic E-state index is 12.9. The Hall–Kier alpha value is -2.69. The zero-order valence-electron chi connectivity index (χ0n) is 17.2. The van der Waals surface area contributed by atoms with Gasteiger partial charge in [-0.1, -0.05) is 25.1 Å². The molecule has 1 amide bonds. The normalized spacial score (nSPS) is 18.4. The molecule has 0 saturated carbocycles. The van der Waals surface area contributed by atoms with E-state index in [1.165, 1.54) is 0 Å².